The standard InChI is InChI=1S/C12H23N3O/c13-11-7-3-4-9(11)8-14-12(16)15-10-5-1-2-6-10/h9-11H,1-8,13H2,(H2,14,15,16). The highest BCUT2D eigenvalue weighted by Gasteiger charge is 2.24. The van der Waals surface area contributed by atoms with Crippen molar-refractivity contribution >= 4 is 6.03 Å². The van der Waals surface area contributed by atoms with Crippen molar-refractivity contribution in [2.24, 2.45) is 11.7 Å². The molecule has 0 aromatic rings. The molecule has 2 aliphatic rings. The predicted octanol–water partition coefficient (Wildman–Crippen LogP) is 1.36. The monoisotopic (exact) mass is 225 g/mol. The van der Waals surface area contributed by atoms with Gasteiger partial charge in [-0.3, -0.25) is 0 Å². The van der Waals surface area contributed by atoms with Crippen molar-refractivity contribution in [2.75, 3.05) is 6.54 Å². The maximum absolute atomic E-state index is 11.6. The summed E-state index contributed by atoms with van der Waals surface area (Å²) in [7, 11) is 0. The number of nitrogens with one attached hydrogen (secondary N) is 2. The molecule has 4 N–H and O–H groups in total. The van der Waals surface area contributed by atoms with E-state index in [4.69, 9.17) is 5.73 Å². The van der Waals surface area contributed by atoms with Gasteiger partial charge in [-0.15, -0.1) is 0 Å². The number of carbonyl (C=O) groups is 1. The van der Waals surface area contributed by atoms with Gasteiger partial charge < -0.3 is 16.4 Å². The minimum absolute atomic E-state index is 0.00833. The average molecular weight is 225 g/mol. The van der Waals surface area contributed by atoms with E-state index in [1.807, 2.05) is 0 Å². The SMILES string of the molecule is NC1CCCC1CNC(=O)NC1CCCC1. The van der Waals surface area contributed by atoms with Crippen molar-refractivity contribution in [2.45, 2.75) is 57.0 Å². The normalized spacial score (nSPS) is 30.6. The van der Waals surface area contributed by atoms with Crippen LogP contribution in [0, 0.1) is 5.92 Å². The molecule has 0 spiro atoms. The Bertz CT molecular complexity index is 238. The molecular weight excluding hydrogens is 202 g/mol. The summed E-state index contributed by atoms with van der Waals surface area (Å²) >= 11 is 0. The first-order valence-electron chi connectivity index (χ1n) is 6.55. The summed E-state index contributed by atoms with van der Waals surface area (Å²) in [6.45, 7) is 0.736. The first kappa shape index (κ1) is 11.7. The van der Waals surface area contributed by atoms with E-state index in [0.29, 0.717) is 12.0 Å². The van der Waals surface area contributed by atoms with E-state index in [1.54, 1.807) is 0 Å². The van der Waals surface area contributed by atoms with Crippen molar-refractivity contribution in [1.29, 1.82) is 0 Å². The Morgan fingerprint density at radius 3 is 2.50 bits per heavy atom. The van der Waals surface area contributed by atoms with E-state index < -0.39 is 0 Å². The van der Waals surface area contributed by atoms with Crippen molar-refractivity contribution in [3.63, 3.8) is 0 Å². The Hall–Kier alpha value is -0.770. The van der Waals surface area contributed by atoms with E-state index in [2.05, 4.69) is 10.6 Å². The highest BCUT2D eigenvalue weighted by Crippen LogP contribution is 2.23. The van der Waals surface area contributed by atoms with Gasteiger partial charge in [0.1, 0.15) is 0 Å². The summed E-state index contributed by atoms with van der Waals surface area (Å²) in [5.74, 6) is 0.481. The van der Waals surface area contributed by atoms with E-state index in [9.17, 15) is 4.79 Å². The molecule has 4 nitrogen and oxygen atoms in total. The fourth-order valence-electron chi connectivity index (χ4n) is 2.85. The lowest BCUT2D eigenvalue weighted by Gasteiger charge is -2.18. The lowest BCUT2D eigenvalue weighted by molar-refractivity contribution is 0.234. The maximum atomic E-state index is 11.6. The van der Waals surface area contributed by atoms with Gasteiger partial charge in [-0.1, -0.05) is 19.3 Å². The van der Waals surface area contributed by atoms with Gasteiger partial charge >= 0.3 is 6.03 Å². The number of urea groups is 1. The molecule has 2 rings (SSSR count). The van der Waals surface area contributed by atoms with Gasteiger partial charge in [-0.05, 0) is 31.6 Å². The molecule has 92 valence electrons. The van der Waals surface area contributed by atoms with Crippen LogP contribution in [0.4, 0.5) is 4.79 Å². The summed E-state index contributed by atoms with van der Waals surface area (Å²) in [5.41, 5.74) is 5.96. The Balaban J connectivity index is 1.63. The number of carbonyl (C=O) groups excluding carboxylic acids is 1. The van der Waals surface area contributed by atoms with Crippen LogP contribution in [0.3, 0.4) is 0 Å². The second-order valence-corrected chi connectivity index (χ2v) is 5.19. The Morgan fingerprint density at radius 2 is 1.88 bits per heavy atom. The third kappa shape index (κ3) is 3.11. The van der Waals surface area contributed by atoms with Gasteiger partial charge in [0, 0.05) is 18.6 Å². The van der Waals surface area contributed by atoms with Gasteiger partial charge in [0.05, 0.1) is 0 Å². The van der Waals surface area contributed by atoms with Gasteiger partial charge in [0.25, 0.3) is 0 Å². The van der Waals surface area contributed by atoms with Gasteiger partial charge in [0.2, 0.25) is 0 Å². The lowest BCUT2D eigenvalue weighted by Crippen LogP contribution is -2.44. The maximum Gasteiger partial charge on any atom is 0.315 e. The van der Waals surface area contributed by atoms with Crippen LogP contribution in [0.2, 0.25) is 0 Å². The Kier molecular flexibility index (Phi) is 4.04. The first-order chi connectivity index (χ1) is 7.75. The number of nitrogens with two attached hydrogens (primary N) is 1. The molecule has 0 aromatic heterocycles. The van der Waals surface area contributed by atoms with Crippen LogP contribution >= 0.6 is 0 Å². The van der Waals surface area contributed by atoms with Crippen LogP contribution in [-0.4, -0.2) is 24.7 Å². The van der Waals surface area contributed by atoms with Crippen LogP contribution in [-0.2, 0) is 0 Å². The first-order valence-corrected chi connectivity index (χ1v) is 6.55. The molecule has 16 heavy (non-hydrogen) atoms. The minimum atomic E-state index is -0.00833. The van der Waals surface area contributed by atoms with E-state index in [-0.39, 0.29) is 12.1 Å². The van der Waals surface area contributed by atoms with E-state index in [1.165, 1.54) is 19.3 Å². The Labute approximate surface area is 97.3 Å². The highest BCUT2D eigenvalue weighted by molar-refractivity contribution is 5.74. The van der Waals surface area contributed by atoms with Gasteiger partial charge in [0.15, 0.2) is 0 Å². The molecule has 0 bridgehead atoms. The molecule has 4 heteroatoms. The van der Waals surface area contributed by atoms with Crippen molar-refractivity contribution < 1.29 is 4.79 Å². The zero-order chi connectivity index (χ0) is 11.4. The van der Waals surface area contributed by atoms with Crippen LogP contribution in [0.1, 0.15) is 44.9 Å². The van der Waals surface area contributed by atoms with E-state index in [0.717, 1.165) is 32.2 Å². The second kappa shape index (κ2) is 5.53. The van der Waals surface area contributed by atoms with Crippen LogP contribution in [0.5, 0.6) is 0 Å². The number of hydrogen-bond acceptors (Lipinski definition) is 2. The zero-order valence-corrected chi connectivity index (χ0v) is 9.87. The lowest BCUT2D eigenvalue weighted by atomic mass is 10.1. The van der Waals surface area contributed by atoms with Crippen LogP contribution in [0.15, 0.2) is 0 Å². The molecule has 2 unspecified atom stereocenters. The summed E-state index contributed by atoms with van der Waals surface area (Å²) in [5, 5.41) is 5.98. The summed E-state index contributed by atoms with van der Waals surface area (Å²) < 4.78 is 0. The molecule has 2 atom stereocenters. The molecule has 2 aliphatic carbocycles. The zero-order valence-electron chi connectivity index (χ0n) is 9.87. The minimum Gasteiger partial charge on any atom is -0.338 e. The van der Waals surface area contributed by atoms with Crippen LogP contribution in [0.25, 0.3) is 0 Å². The highest BCUT2D eigenvalue weighted by atomic mass is 16.2. The van der Waals surface area contributed by atoms with Crippen molar-refractivity contribution in [3.05, 3.63) is 0 Å². The molecular formula is C12H23N3O. The van der Waals surface area contributed by atoms with Crippen LogP contribution < -0.4 is 16.4 Å². The van der Waals surface area contributed by atoms with Crippen molar-refractivity contribution in [1.82, 2.24) is 10.6 Å². The Morgan fingerprint density at radius 1 is 1.12 bits per heavy atom. The number of amides is 2. The molecule has 2 amide bonds. The van der Waals surface area contributed by atoms with Gasteiger partial charge in [-0.2, -0.15) is 0 Å². The van der Waals surface area contributed by atoms with Crippen molar-refractivity contribution in [3.8, 4) is 0 Å². The third-order valence-corrected chi connectivity index (χ3v) is 3.93. The average Bonchev–Trinajstić information content (AvgIpc) is 2.87. The number of hydrogen-bond donors (Lipinski definition) is 3. The summed E-state index contributed by atoms with van der Waals surface area (Å²) in [6.07, 6.45) is 8.24. The molecule has 0 aliphatic heterocycles. The molecule has 2 fully saturated rings. The quantitative estimate of drug-likeness (QED) is 0.679. The molecule has 0 saturated heterocycles. The summed E-state index contributed by atoms with van der Waals surface area (Å²) in [4.78, 5) is 11.6. The second-order valence-electron chi connectivity index (χ2n) is 5.19. The smallest absolute Gasteiger partial charge is 0.315 e. The molecule has 2 saturated carbocycles. The predicted molar refractivity (Wildman–Crippen MR) is 64.1 cm³/mol. The summed E-state index contributed by atoms with van der Waals surface area (Å²) in [6, 6.07) is 0.676. The molecule has 0 heterocycles. The topological polar surface area (TPSA) is 67.1 Å². The van der Waals surface area contributed by atoms with E-state index >= 15 is 0 Å². The largest absolute Gasteiger partial charge is 0.338 e. The third-order valence-electron chi connectivity index (χ3n) is 3.93. The molecule has 0 aromatic carbocycles. The van der Waals surface area contributed by atoms with Gasteiger partial charge in [-0.25, -0.2) is 4.79 Å². The fraction of sp³-hybridized carbons (Fsp3) is 0.917. The molecule has 0 radical (unpaired) electrons. The fourth-order valence-corrected chi connectivity index (χ4v) is 2.85. The number of rotatable bonds is 3.